The molecule has 0 bridgehead atoms. The largest absolute Gasteiger partial charge is 0.497 e. The zero-order valence-electron chi connectivity index (χ0n) is 15.9. The summed E-state index contributed by atoms with van der Waals surface area (Å²) in [6, 6.07) is 19.4. The fourth-order valence-corrected chi connectivity index (χ4v) is 3.84. The van der Waals surface area contributed by atoms with Crippen LogP contribution < -0.4 is 4.74 Å². The molecule has 0 unspecified atom stereocenters. The average Bonchev–Trinajstić information content (AvgIpc) is 3.24. The van der Waals surface area contributed by atoms with Crippen LogP contribution in [0.3, 0.4) is 0 Å². The van der Waals surface area contributed by atoms with E-state index in [9.17, 15) is 4.79 Å². The second-order valence-electron chi connectivity index (χ2n) is 6.46. The van der Waals surface area contributed by atoms with E-state index in [1.807, 2.05) is 54.6 Å². The van der Waals surface area contributed by atoms with Crippen LogP contribution in [0, 0.1) is 0 Å². The standard InChI is InChI=1S/C22H20N4O2S/c1-28-18-10-8-17(9-11-18)20-14-19(16-6-3-2-4-7-16)25-26(20)21(27)15-29-22-23-12-5-13-24-22/h2-13,20H,14-15H2,1H3/t20-/m0/s1. The van der Waals surface area contributed by atoms with Crippen molar-refractivity contribution in [2.45, 2.75) is 17.6 Å². The molecule has 4 rings (SSSR count). The van der Waals surface area contributed by atoms with Crippen molar-refractivity contribution >= 4 is 23.4 Å². The van der Waals surface area contributed by atoms with Gasteiger partial charge in [0.15, 0.2) is 5.16 Å². The highest BCUT2D eigenvalue weighted by Crippen LogP contribution is 2.34. The molecule has 1 amide bonds. The molecule has 29 heavy (non-hydrogen) atoms. The lowest BCUT2D eigenvalue weighted by atomic mass is 9.98. The fourth-order valence-electron chi connectivity index (χ4n) is 3.18. The molecule has 2 aromatic carbocycles. The lowest BCUT2D eigenvalue weighted by Crippen LogP contribution is -2.28. The first kappa shape index (κ1) is 19.1. The van der Waals surface area contributed by atoms with Crippen molar-refractivity contribution in [1.29, 1.82) is 0 Å². The van der Waals surface area contributed by atoms with E-state index < -0.39 is 0 Å². The van der Waals surface area contributed by atoms with Crippen molar-refractivity contribution in [2.24, 2.45) is 5.10 Å². The maximum Gasteiger partial charge on any atom is 0.253 e. The third-order valence-corrected chi connectivity index (χ3v) is 5.50. The number of amides is 1. The summed E-state index contributed by atoms with van der Waals surface area (Å²) in [5, 5.41) is 6.86. The second-order valence-corrected chi connectivity index (χ2v) is 7.41. The number of rotatable bonds is 6. The minimum absolute atomic E-state index is 0.0748. The molecule has 1 aromatic heterocycles. The minimum atomic E-state index is -0.152. The van der Waals surface area contributed by atoms with Gasteiger partial charge < -0.3 is 4.74 Å². The van der Waals surface area contributed by atoms with Crippen molar-refractivity contribution in [1.82, 2.24) is 15.0 Å². The Hall–Kier alpha value is -3.19. The molecule has 0 saturated heterocycles. The normalized spacial score (nSPS) is 15.8. The van der Waals surface area contributed by atoms with Crippen molar-refractivity contribution in [3.63, 3.8) is 0 Å². The van der Waals surface area contributed by atoms with E-state index in [1.165, 1.54) is 11.8 Å². The molecule has 0 N–H and O–H groups in total. The van der Waals surface area contributed by atoms with Gasteiger partial charge in [-0.2, -0.15) is 5.10 Å². The number of benzene rings is 2. The molecule has 3 aromatic rings. The number of nitrogens with zero attached hydrogens (tertiary/aromatic N) is 4. The van der Waals surface area contributed by atoms with E-state index >= 15 is 0 Å². The molecule has 6 nitrogen and oxygen atoms in total. The van der Waals surface area contributed by atoms with Gasteiger partial charge in [-0.05, 0) is 29.3 Å². The van der Waals surface area contributed by atoms with E-state index in [-0.39, 0.29) is 17.7 Å². The second kappa shape index (κ2) is 8.87. The third kappa shape index (κ3) is 4.46. The number of ether oxygens (including phenoxy) is 1. The van der Waals surface area contributed by atoms with Gasteiger partial charge in [-0.1, -0.05) is 54.2 Å². The Kier molecular flexibility index (Phi) is 5.86. The highest BCUT2D eigenvalue weighted by atomic mass is 32.2. The smallest absolute Gasteiger partial charge is 0.253 e. The lowest BCUT2D eigenvalue weighted by molar-refractivity contribution is -0.130. The highest BCUT2D eigenvalue weighted by molar-refractivity contribution is 7.99. The van der Waals surface area contributed by atoms with Crippen LogP contribution in [0.5, 0.6) is 5.75 Å². The molecule has 7 heteroatoms. The van der Waals surface area contributed by atoms with E-state index in [4.69, 9.17) is 4.74 Å². The summed E-state index contributed by atoms with van der Waals surface area (Å²) in [4.78, 5) is 21.4. The topological polar surface area (TPSA) is 67.7 Å². The van der Waals surface area contributed by atoms with Gasteiger partial charge in [-0.3, -0.25) is 4.79 Å². The Balaban J connectivity index is 1.57. The highest BCUT2D eigenvalue weighted by Gasteiger charge is 2.33. The maximum atomic E-state index is 13.0. The molecule has 1 aliphatic heterocycles. The SMILES string of the molecule is COc1ccc([C@@H]2CC(c3ccccc3)=NN2C(=O)CSc2ncccn2)cc1. The summed E-state index contributed by atoms with van der Waals surface area (Å²) in [6.45, 7) is 0. The fraction of sp³-hybridized carbons (Fsp3) is 0.182. The van der Waals surface area contributed by atoms with Gasteiger partial charge in [0, 0.05) is 18.8 Å². The van der Waals surface area contributed by atoms with Gasteiger partial charge in [0.25, 0.3) is 5.91 Å². The van der Waals surface area contributed by atoms with Gasteiger partial charge in [-0.25, -0.2) is 15.0 Å². The first-order valence-corrected chi connectivity index (χ1v) is 10.2. The van der Waals surface area contributed by atoms with Gasteiger partial charge in [0.05, 0.1) is 24.6 Å². The molecular weight excluding hydrogens is 384 g/mol. The van der Waals surface area contributed by atoms with E-state index in [2.05, 4.69) is 15.1 Å². The van der Waals surface area contributed by atoms with Gasteiger partial charge in [0.2, 0.25) is 0 Å². The molecule has 0 spiro atoms. The van der Waals surface area contributed by atoms with Gasteiger partial charge >= 0.3 is 0 Å². The van der Waals surface area contributed by atoms with E-state index in [1.54, 1.807) is 30.6 Å². The quantitative estimate of drug-likeness (QED) is 0.460. The van der Waals surface area contributed by atoms with E-state index in [0.717, 1.165) is 22.6 Å². The zero-order valence-corrected chi connectivity index (χ0v) is 16.7. The lowest BCUT2D eigenvalue weighted by Gasteiger charge is -2.22. The Morgan fingerprint density at radius 2 is 1.79 bits per heavy atom. The number of aromatic nitrogens is 2. The summed E-state index contributed by atoms with van der Waals surface area (Å²) < 4.78 is 5.26. The average molecular weight is 404 g/mol. The molecule has 0 aliphatic carbocycles. The van der Waals surface area contributed by atoms with Crippen LogP contribution in [0.2, 0.25) is 0 Å². The van der Waals surface area contributed by atoms with Crippen molar-refractivity contribution in [2.75, 3.05) is 12.9 Å². The predicted octanol–water partition coefficient (Wildman–Crippen LogP) is 3.96. The maximum absolute atomic E-state index is 13.0. The van der Waals surface area contributed by atoms with Crippen LogP contribution in [-0.4, -0.2) is 39.5 Å². The van der Waals surface area contributed by atoms with Crippen LogP contribution in [0.4, 0.5) is 0 Å². The molecule has 1 atom stereocenters. The molecule has 2 heterocycles. The molecule has 0 fully saturated rings. The van der Waals surface area contributed by atoms with Crippen LogP contribution in [0.25, 0.3) is 0 Å². The molecule has 146 valence electrons. The number of thioether (sulfide) groups is 1. The Morgan fingerprint density at radius 1 is 1.07 bits per heavy atom. The number of carbonyl (C=O) groups is 1. The van der Waals surface area contributed by atoms with Crippen molar-refractivity contribution in [3.05, 3.63) is 84.2 Å². The summed E-state index contributed by atoms with van der Waals surface area (Å²) in [5.74, 6) is 0.933. The number of hydrazone groups is 1. The van der Waals surface area contributed by atoms with Crippen LogP contribution in [0.1, 0.15) is 23.6 Å². The summed E-state index contributed by atoms with van der Waals surface area (Å²) in [5.41, 5.74) is 2.95. The molecule has 0 saturated carbocycles. The minimum Gasteiger partial charge on any atom is -0.497 e. The summed E-state index contributed by atoms with van der Waals surface area (Å²) >= 11 is 1.31. The Labute approximate surface area is 173 Å². The van der Waals surface area contributed by atoms with Crippen molar-refractivity contribution in [3.8, 4) is 5.75 Å². The predicted molar refractivity (Wildman–Crippen MR) is 113 cm³/mol. The Morgan fingerprint density at radius 3 is 2.48 bits per heavy atom. The van der Waals surface area contributed by atoms with Crippen LogP contribution >= 0.6 is 11.8 Å². The number of hydrogen-bond donors (Lipinski definition) is 0. The zero-order chi connectivity index (χ0) is 20.1. The number of hydrogen-bond acceptors (Lipinski definition) is 6. The Bertz CT molecular complexity index is 994. The van der Waals surface area contributed by atoms with E-state index in [0.29, 0.717) is 11.6 Å². The van der Waals surface area contributed by atoms with Crippen LogP contribution in [0.15, 0.2) is 83.3 Å². The molecule has 1 aliphatic rings. The van der Waals surface area contributed by atoms with Gasteiger partial charge in [0.1, 0.15) is 5.75 Å². The first-order valence-electron chi connectivity index (χ1n) is 9.23. The molecular formula is C22H20N4O2S. The first-order chi connectivity index (χ1) is 14.2. The number of methoxy groups -OCH3 is 1. The van der Waals surface area contributed by atoms with Gasteiger partial charge in [-0.15, -0.1) is 0 Å². The molecule has 0 radical (unpaired) electrons. The monoisotopic (exact) mass is 404 g/mol. The van der Waals surface area contributed by atoms with Crippen molar-refractivity contribution < 1.29 is 9.53 Å². The summed E-state index contributed by atoms with van der Waals surface area (Å²) in [6.07, 6.45) is 4.00. The third-order valence-electron chi connectivity index (χ3n) is 4.64. The summed E-state index contributed by atoms with van der Waals surface area (Å²) in [7, 11) is 1.64. The number of carbonyl (C=O) groups excluding carboxylic acids is 1. The van der Waals surface area contributed by atoms with Crippen LogP contribution in [-0.2, 0) is 4.79 Å².